The second-order valence-corrected chi connectivity index (χ2v) is 10.7. The van der Waals surface area contributed by atoms with E-state index in [2.05, 4.69) is 20.3 Å². The number of ether oxygens (including phenoxy) is 4. The molecule has 37 heavy (non-hydrogen) atoms. The molecule has 2 aromatic rings. The summed E-state index contributed by atoms with van der Waals surface area (Å²) in [6, 6.07) is 0. The monoisotopic (exact) mass is 519 g/mol. The highest BCUT2D eigenvalue weighted by molar-refractivity contribution is 5.81. The number of nitrogens with two attached hydrogens (primary N) is 1. The molecule has 204 valence electrons. The van der Waals surface area contributed by atoms with Gasteiger partial charge < -0.3 is 34.9 Å². The van der Waals surface area contributed by atoms with E-state index in [9.17, 15) is 9.59 Å². The Morgan fingerprint density at radius 3 is 2.65 bits per heavy atom. The van der Waals surface area contributed by atoms with Gasteiger partial charge in [0.05, 0.1) is 12.9 Å². The quantitative estimate of drug-likeness (QED) is 0.494. The number of fused-ring (bicyclic) bond motifs is 2. The van der Waals surface area contributed by atoms with Gasteiger partial charge in [-0.15, -0.1) is 0 Å². The summed E-state index contributed by atoms with van der Waals surface area (Å²) in [6.45, 7) is 11.9. The van der Waals surface area contributed by atoms with Gasteiger partial charge in [0.1, 0.15) is 35.8 Å². The minimum Gasteiger partial charge on any atom is -0.444 e. The maximum atomic E-state index is 13.1. The lowest BCUT2D eigenvalue weighted by Gasteiger charge is -2.31. The van der Waals surface area contributed by atoms with Crippen molar-refractivity contribution in [2.75, 3.05) is 25.4 Å². The molecule has 2 aliphatic heterocycles. The number of carbonyl (C=O) groups is 2. The fourth-order valence-corrected chi connectivity index (χ4v) is 4.51. The SMILES string of the molecule is CCC(=O)NCCCN(C[C@H]1O[C@@H](n2cnc3c(N)ncnc32)[C@@H]2OC(C)(C)O[C@@H]21)C(=O)OC(C)(C)C. The van der Waals surface area contributed by atoms with Crippen LogP contribution < -0.4 is 11.1 Å². The summed E-state index contributed by atoms with van der Waals surface area (Å²) < 4.78 is 26.3. The normalized spacial score (nSPS) is 24.7. The number of nitrogens with zero attached hydrogens (tertiary/aromatic N) is 5. The first kappa shape index (κ1) is 27.0. The zero-order chi connectivity index (χ0) is 27.0. The number of anilines is 1. The van der Waals surface area contributed by atoms with Crippen LogP contribution in [0.5, 0.6) is 0 Å². The first-order chi connectivity index (χ1) is 17.4. The average Bonchev–Trinajstić information content (AvgIpc) is 3.46. The molecule has 0 unspecified atom stereocenters. The van der Waals surface area contributed by atoms with E-state index in [0.717, 1.165) is 0 Å². The average molecular weight is 520 g/mol. The number of nitrogens with one attached hydrogen (secondary N) is 1. The Morgan fingerprint density at radius 2 is 1.95 bits per heavy atom. The molecular formula is C24H37N7O6. The van der Waals surface area contributed by atoms with Gasteiger partial charge in [0.15, 0.2) is 23.5 Å². The molecule has 2 aromatic heterocycles. The Hall–Kier alpha value is -3.03. The van der Waals surface area contributed by atoms with Crippen LogP contribution in [0, 0.1) is 0 Å². The molecule has 0 radical (unpaired) electrons. The number of hydrogen-bond acceptors (Lipinski definition) is 10. The van der Waals surface area contributed by atoms with Crippen LogP contribution in [0.3, 0.4) is 0 Å². The first-order valence-electron chi connectivity index (χ1n) is 12.6. The number of carbonyl (C=O) groups excluding carboxylic acids is 2. The smallest absolute Gasteiger partial charge is 0.410 e. The number of rotatable bonds is 8. The van der Waals surface area contributed by atoms with E-state index in [1.54, 1.807) is 22.7 Å². The highest BCUT2D eigenvalue weighted by Gasteiger charge is 2.56. The maximum absolute atomic E-state index is 13.1. The number of imidazole rings is 1. The van der Waals surface area contributed by atoms with E-state index >= 15 is 0 Å². The molecule has 4 atom stereocenters. The van der Waals surface area contributed by atoms with Gasteiger partial charge in [-0.1, -0.05) is 6.92 Å². The van der Waals surface area contributed by atoms with Gasteiger partial charge in [0, 0.05) is 19.5 Å². The van der Waals surface area contributed by atoms with Gasteiger partial charge in [-0.05, 0) is 41.0 Å². The van der Waals surface area contributed by atoms with Crippen molar-refractivity contribution in [3.8, 4) is 0 Å². The molecular weight excluding hydrogens is 482 g/mol. The summed E-state index contributed by atoms with van der Waals surface area (Å²) in [5.74, 6) is -0.615. The molecule has 13 heteroatoms. The Balaban J connectivity index is 1.55. The van der Waals surface area contributed by atoms with E-state index in [1.165, 1.54) is 6.33 Å². The molecule has 0 aromatic carbocycles. The Kier molecular flexibility index (Phi) is 7.58. The van der Waals surface area contributed by atoms with E-state index in [0.29, 0.717) is 37.1 Å². The van der Waals surface area contributed by atoms with Gasteiger partial charge in [-0.25, -0.2) is 19.7 Å². The number of amides is 2. The van der Waals surface area contributed by atoms with Crippen LogP contribution in [0.25, 0.3) is 11.2 Å². The zero-order valence-electron chi connectivity index (χ0n) is 22.3. The lowest BCUT2D eigenvalue weighted by atomic mass is 10.1. The summed E-state index contributed by atoms with van der Waals surface area (Å²) >= 11 is 0. The summed E-state index contributed by atoms with van der Waals surface area (Å²) in [6.07, 6.45) is 1.40. The predicted molar refractivity (Wildman–Crippen MR) is 133 cm³/mol. The van der Waals surface area contributed by atoms with Gasteiger partial charge in [-0.3, -0.25) is 9.36 Å². The highest BCUT2D eigenvalue weighted by atomic mass is 16.8. The molecule has 0 spiro atoms. The van der Waals surface area contributed by atoms with E-state index in [1.807, 2.05) is 34.6 Å². The molecule has 13 nitrogen and oxygen atoms in total. The molecule has 2 saturated heterocycles. The van der Waals surface area contributed by atoms with Crippen molar-refractivity contribution in [3.05, 3.63) is 12.7 Å². The Morgan fingerprint density at radius 1 is 1.22 bits per heavy atom. The summed E-state index contributed by atoms with van der Waals surface area (Å²) in [4.78, 5) is 39.0. The van der Waals surface area contributed by atoms with Crippen molar-refractivity contribution in [2.24, 2.45) is 0 Å². The van der Waals surface area contributed by atoms with Crippen LogP contribution in [0.1, 0.15) is 60.6 Å². The molecule has 2 amide bonds. The molecule has 2 fully saturated rings. The minimum atomic E-state index is -0.846. The van der Waals surface area contributed by atoms with Crippen molar-refractivity contribution in [1.29, 1.82) is 0 Å². The van der Waals surface area contributed by atoms with Crippen molar-refractivity contribution in [1.82, 2.24) is 29.7 Å². The summed E-state index contributed by atoms with van der Waals surface area (Å²) in [5.41, 5.74) is 6.28. The van der Waals surface area contributed by atoms with Crippen LogP contribution >= 0.6 is 0 Å². The van der Waals surface area contributed by atoms with Gasteiger partial charge in [-0.2, -0.15) is 0 Å². The summed E-state index contributed by atoms with van der Waals surface area (Å²) in [7, 11) is 0. The van der Waals surface area contributed by atoms with E-state index in [4.69, 9.17) is 24.7 Å². The summed E-state index contributed by atoms with van der Waals surface area (Å²) in [5, 5.41) is 2.84. The third-order valence-electron chi connectivity index (χ3n) is 6.09. The van der Waals surface area contributed by atoms with Crippen LogP contribution in [-0.2, 0) is 23.7 Å². The molecule has 3 N–H and O–H groups in total. The molecule has 0 aliphatic carbocycles. The van der Waals surface area contributed by atoms with Crippen molar-refractivity contribution in [3.63, 3.8) is 0 Å². The third-order valence-corrected chi connectivity index (χ3v) is 6.09. The fourth-order valence-electron chi connectivity index (χ4n) is 4.51. The van der Waals surface area contributed by atoms with Gasteiger partial charge >= 0.3 is 6.09 Å². The minimum absolute atomic E-state index is 0.0376. The molecule has 0 saturated carbocycles. The van der Waals surface area contributed by atoms with Crippen molar-refractivity contribution < 1.29 is 28.5 Å². The molecule has 4 rings (SSSR count). The number of nitrogen functional groups attached to an aromatic ring is 1. The topological polar surface area (TPSA) is 156 Å². The van der Waals surface area contributed by atoms with E-state index < -0.39 is 42.0 Å². The number of hydrogen-bond donors (Lipinski definition) is 2. The Labute approximate surface area is 216 Å². The van der Waals surface area contributed by atoms with Crippen molar-refractivity contribution >= 4 is 29.0 Å². The van der Waals surface area contributed by atoms with Gasteiger partial charge in [0.2, 0.25) is 5.91 Å². The zero-order valence-corrected chi connectivity index (χ0v) is 22.3. The van der Waals surface area contributed by atoms with Crippen LogP contribution in [-0.4, -0.2) is 85.8 Å². The number of aromatic nitrogens is 4. The standard InChI is InChI=1S/C24H37N7O6/c1-7-15(32)26-9-8-10-30(22(33)37-23(2,3)4)11-14-17-18(36-24(5,6)35-17)21(34-14)31-13-29-16-19(25)27-12-28-20(16)31/h12-14,17-18,21H,7-11H2,1-6H3,(H,26,32)(H2,25,27,28)/t14-,17-,18-,21-/m1/s1. The first-order valence-corrected chi connectivity index (χ1v) is 12.6. The van der Waals surface area contributed by atoms with Crippen LogP contribution in [0.4, 0.5) is 10.6 Å². The molecule has 4 heterocycles. The van der Waals surface area contributed by atoms with Crippen LogP contribution in [0.2, 0.25) is 0 Å². The Bertz CT molecular complexity index is 1130. The third kappa shape index (κ3) is 6.11. The van der Waals surface area contributed by atoms with Crippen molar-refractivity contribution in [2.45, 2.75) is 90.3 Å². The predicted octanol–water partition coefficient (Wildman–Crippen LogP) is 1.98. The second kappa shape index (κ2) is 10.4. The second-order valence-electron chi connectivity index (χ2n) is 10.7. The lowest BCUT2D eigenvalue weighted by molar-refractivity contribution is -0.197. The lowest BCUT2D eigenvalue weighted by Crippen LogP contribution is -2.45. The molecule has 2 aliphatic rings. The highest BCUT2D eigenvalue weighted by Crippen LogP contribution is 2.44. The van der Waals surface area contributed by atoms with Gasteiger partial charge in [0.25, 0.3) is 0 Å². The molecule has 0 bridgehead atoms. The fraction of sp³-hybridized carbons (Fsp3) is 0.708. The van der Waals surface area contributed by atoms with E-state index in [-0.39, 0.29) is 18.3 Å². The largest absolute Gasteiger partial charge is 0.444 e. The van der Waals surface area contributed by atoms with Crippen LogP contribution in [0.15, 0.2) is 12.7 Å². The maximum Gasteiger partial charge on any atom is 0.410 e.